The number of hydrogen-bond donors (Lipinski definition) is 1. The highest BCUT2D eigenvalue weighted by Crippen LogP contribution is 2.19. The van der Waals surface area contributed by atoms with E-state index >= 15 is 0 Å². The van der Waals surface area contributed by atoms with Crippen LogP contribution in [0.1, 0.15) is 32.2 Å². The average Bonchev–Trinajstić information content (AvgIpc) is 2.36. The molecule has 2 aromatic rings. The monoisotopic (exact) mass is 333 g/mol. The Kier molecular flexibility index (Phi) is 4.55. The molecule has 0 saturated carbocycles. The fourth-order valence-corrected chi connectivity index (χ4v) is 2.07. The molecule has 106 valence electrons. The maximum atomic E-state index is 4.65. The third-order valence-corrected chi connectivity index (χ3v) is 3.34. The van der Waals surface area contributed by atoms with Gasteiger partial charge in [0, 0.05) is 27.8 Å². The summed E-state index contributed by atoms with van der Waals surface area (Å²) in [5.41, 5.74) is 3.12. The molecule has 2 rings (SSSR count). The number of nitrogens with zero attached hydrogens (tertiary/aromatic N) is 2. The van der Waals surface area contributed by atoms with Crippen molar-refractivity contribution in [3.8, 4) is 11.4 Å². The van der Waals surface area contributed by atoms with Gasteiger partial charge in [-0.1, -0.05) is 28.1 Å². The normalized spacial score (nSPS) is 11.7. The molecule has 0 spiro atoms. The van der Waals surface area contributed by atoms with Crippen molar-refractivity contribution < 1.29 is 0 Å². The Hall–Kier alpha value is -1.26. The third-order valence-electron chi connectivity index (χ3n) is 2.81. The lowest BCUT2D eigenvalue weighted by Gasteiger charge is -2.20. The largest absolute Gasteiger partial charge is 0.306 e. The number of nitrogens with one attached hydrogen (secondary N) is 1. The summed E-state index contributed by atoms with van der Waals surface area (Å²) < 4.78 is 1.06. The van der Waals surface area contributed by atoms with Gasteiger partial charge in [-0.15, -0.1) is 0 Å². The van der Waals surface area contributed by atoms with E-state index in [4.69, 9.17) is 0 Å². The van der Waals surface area contributed by atoms with Crippen LogP contribution >= 0.6 is 15.9 Å². The zero-order valence-corrected chi connectivity index (χ0v) is 14.0. The second-order valence-electron chi connectivity index (χ2n) is 5.93. The van der Waals surface area contributed by atoms with Crippen LogP contribution in [0.3, 0.4) is 0 Å². The molecular formula is C16H20BrN3. The van der Waals surface area contributed by atoms with Crippen LogP contribution in [0.4, 0.5) is 0 Å². The fraction of sp³-hybridized carbons (Fsp3) is 0.375. The molecule has 0 aliphatic heterocycles. The Balaban J connectivity index is 2.26. The van der Waals surface area contributed by atoms with Gasteiger partial charge in [-0.25, -0.2) is 9.97 Å². The summed E-state index contributed by atoms with van der Waals surface area (Å²) in [6.45, 7) is 9.20. The van der Waals surface area contributed by atoms with E-state index < -0.39 is 0 Å². The number of benzene rings is 1. The lowest BCUT2D eigenvalue weighted by Crippen LogP contribution is -2.35. The smallest absolute Gasteiger partial charge is 0.159 e. The minimum Gasteiger partial charge on any atom is -0.306 e. The Bertz CT molecular complexity index is 586. The third kappa shape index (κ3) is 4.39. The van der Waals surface area contributed by atoms with Crippen LogP contribution in [0.15, 0.2) is 34.8 Å². The van der Waals surface area contributed by atoms with Crippen LogP contribution in [0.5, 0.6) is 0 Å². The topological polar surface area (TPSA) is 37.8 Å². The number of rotatable bonds is 3. The highest BCUT2D eigenvalue weighted by molar-refractivity contribution is 9.10. The number of halogens is 1. The second kappa shape index (κ2) is 6.02. The first-order chi connectivity index (χ1) is 9.33. The van der Waals surface area contributed by atoms with Crippen molar-refractivity contribution in [3.63, 3.8) is 0 Å². The molecule has 0 radical (unpaired) electrons. The molecule has 0 bridgehead atoms. The molecule has 1 aromatic carbocycles. The molecule has 1 N–H and O–H groups in total. The second-order valence-corrected chi connectivity index (χ2v) is 6.85. The van der Waals surface area contributed by atoms with E-state index in [0.29, 0.717) is 0 Å². The first-order valence-corrected chi connectivity index (χ1v) is 7.48. The zero-order chi connectivity index (χ0) is 14.8. The van der Waals surface area contributed by atoms with Gasteiger partial charge in [0.2, 0.25) is 0 Å². The van der Waals surface area contributed by atoms with Crippen molar-refractivity contribution in [1.82, 2.24) is 15.3 Å². The first kappa shape index (κ1) is 15.1. The Morgan fingerprint density at radius 2 is 1.75 bits per heavy atom. The molecule has 1 aromatic heterocycles. The predicted octanol–water partition coefficient (Wildman–Crippen LogP) is 4.10. The molecule has 0 unspecified atom stereocenters. The molecule has 20 heavy (non-hydrogen) atoms. The first-order valence-electron chi connectivity index (χ1n) is 6.69. The average molecular weight is 334 g/mol. The maximum absolute atomic E-state index is 4.65. The number of aromatic nitrogens is 2. The van der Waals surface area contributed by atoms with Crippen LogP contribution < -0.4 is 5.32 Å². The van der Waals surface area contributed by atoms with Gasteiger partial charge >= 0.3 is 0 Å². The molecule has 0 atom stereocenters. The van der Waals surface area contributed by atoms with Gasteiger partial charge in [0.05, 0.1) is 5.69 Å². The Morgan fingerprint density at radius 3 is 2.35 bits per heavy atom. The lowest BCUT2D eigenvalue weighted by molar-refractivity contribution is 0.421. The van der Waals surface area contributed by atoms with Crippen molar-refractivity contribution >= 4 is 15.9 Å². The minimum atomic E-state index is 0.0800. The quantitative estimate of drug-likeness (QED) is 0.918. The summed E-state index contributed by atoms with van der Waals surface area (Å²) in [4.78, 5) is 9.17. The van der Waals surface area contributed by atoms with Crippen molar-refractivity contribution in [2.24, 2.45) is 0 Å². The van der Waals surface area contributed by atoms with Gasteiger partial charge < -0.3 is 5.32 Å². The van der Waals surface area contributed by atoms with E-state index in [1.165, 1.54) is 0 Å². The van der Waals surface area contributed by atoms with E-state index in [9.17, 15) is 0 Å². The molecular weight excluding hydrogens is 314 g/mol. The Morgan fingerprint density at radius 1 is 1.10 bits per heavy atom. The van der Waals surface area contributed by atoms with Gasteiger partial charge in [-0.05, 0) is 45.9 Å². The van der Waals surface area contributed by atoms with Crippen LogP contribution in [0.2, 0.25) is 0 Å². The van der Waals surface area contributed by atoms with E-state index in [1.54, 1.807) is 0 Å². The van der Waals surface area contributed by atoms with Crippen LogP contribution in [0.25, 0.3) is 11.4 Å². The fourth-order valence-electron chi connectivity index (χ4n) is 1.81. The van der Waals surface area contributed by atoms with Crippen LogP contribution in [-0.2, 0) is 6.54 Å². The highest BCUT2D eigenvalue weighted by atomic mass is 79.9. The maximum Gasteiger partial charge on any atom is 0.159 e. The summed E-state index contributed by atoms with van der Waals surface area (Å²) in [5.74, 6) is 0.781. The molecule has 4 heteroatoms. The number of aryl methyl sites for hydroxylation is 1. The lowest BCUT2D eigenvalue weighted by atomic mass is 10.1. The SMILES string of the molecule is Cc1cc(CNC(C)(C)C)nc(-c2ccc(Br)cc2)n1. The van der Waals surface area contributed by atoms with Gasteiger partial charge in [0.25, 0.3) is 0 Å². The van der Waals surface area contributed by atoms with Crippen molar-refractivity contribution in [2.45, 2.75) is 39.8 Å². The minimum absolute atomic E-state index is 0.0800. The predicted molar refractivity (Wildman–Crippen MR) is 86.5 cm³/mol. The molecule has 3 nitrogen and oxygen atoms in total. The van der Waals surface area contributed by atoms with Gasteiger partial charge in [-0.3, -0.25) is 0 Å². The van der Waals surface area contributed by atoms with E-state index in [2.05, 4.69) is 52.0 Å². The summed E-state index contributed by atoms with van der Waals surface area (Å²) in [6.07, 6.45) is 0. The summed E-state index contributed by atoms with van der Waals surface area (Å²) >= 11 is 3.44. The van der Waals surface area contributed by atoms with Crippen molar-refractivity contribution in [2.75, 3.05) is 0 Å². The Labute approximate surface area is 129 Å². The van der Waals surface area contributed by atoms with E-state index in [-0.39, 0.29) is 5.54 Å². The standard InChI is InChI=1S/C16H20BrN3/c1-11-9-14(10-18-16(2,3)4)20-15(19-11)12-5-7-13(17)8-6-12/h5-9,18H,10H2,1-4H3. The number of hydrogen-bond acceptors (Lipinski definition) is 3. The highest BCUT2D eigenvalue weighted by Gasteiger charge is 2.10. The summed E-state index contributed by atoms with van der Waals surface area (Å²) in [7, 11) is 0. The molecule has 0 amide bonds. The van der Waals surface area contributed by atoms with Gasteiger partial charge in [-0.2, -0.15) is 0 Å². The van der Waals surface area contributed by atoms with Crippen molar-refractivity contribution in [1.29, 1.82) is 0 Å². The van der Waals surface area contributed by atoms with Gasteiger partial charge in [0.1, 0.15) is 0 Å². The van der Waals surface area contributed by atoms with Gasteiger partial charge in [0.15, 0.2) is 5.82 Å². The summed E-state index contributed by atoms with van der Waals surface area (Å²) in [5, 5.41) is 3.46. The molecule has 1 heterocycles. The van der Waals surface area contributed by atoms with Crippen LogP contribution in [-0.4, -0.2) is 15.5 Å². The summed E-state index contributed by atoms with van der Waals surface area (Å²) in [6, 6.07) is 10.1. The molecule has 0 fully saturated rings. The molecule has 0 aliphatic rings. The van der Waals surface area contributed by atoms with Crippen molar-refractivity contribution in [3.05, 3.63) is 46.2 Å². The van der Waals surface area contributed by atoms with E-state index in [1.807, 2.05) is 37.3 Å². The van der Waals surface area contributed by atoms with E-state index in [0.717, 1.165) is 33.8 Å². The molecule has 0 saturated heterocycles. The van der Waals surface area contributed by atoms with Crippen LogP contribution in [0, 0.1) is 6.92 Å². The molecule has 0 aliphatic carbocycles. The zero-order valence-electron chi connectivity index (χ0n) is 12.4.